The number of tetrazole rings is 1. The number of nitrogens with zero attached hydrogens (tertiary/aromatic N) is 5. The summed E-state index contributed by atoms with van der Waals surface area (Å²) >= 11 is 1.29. The minimum atomic E-state index is -0.312. The summed E-state index contributed by atoms with van der Waals surface area (Å²) in [6.07, 6.45) is 0. The summed E-state index contributed by atoms with van der Waals surface area (Å²) in [5.41, 5.74) is 3.42. The molecule has 1 amide bonds. The molecule has 4 rings (SSSR count). The quantitative estimate of drug-likeness (QED) is 0.559. The van der Waals surface area contributed by atoms with Crippen LogP contribution in [0.4, 0.5) is 9.52 Å². The van der Waals surface area contributed by atoms with Gasteiger partial charge in [-0.2, -0.15) is 4.80 Å². The van der Waals surface area contributed by atoms with E-state index >= 15 is 0 Å². The first-order valence-electron chi connectivity index (χ1n) is 8.43. The first-order valence-corrected chi connectivity index (χ1v) is 9.31. The molecule has 0 radical (unpaired) electrons. The molecule has 0 aliphatic rings. The van der Waals surface area contributed by atoms with Crippen LogP contribution in [-0.4, -0.2) is 31.1 Å². The van der Waals surface area contributed by atoms with Crippen LogP contribution >= 0.6 is 11.3 Å². The largest absolute Gasteiger partial charge is 0.300 e. The van der Waals surface area contributed by atoms with Gasteiger partial charge in [-0.05, 0) is 36.4 Å². The fourth-order valence-corrected chi connectivity index (χ4v) is 3.24. The van der Waals surface area contributed by atoms with Crippen LogP contribution in [0.1, 0.15) is 5.56 Å². The second kappa shape index (κ2) is 7.65. The molecule has 0 aliphatic carbocycles. The summed E-state index contributed by atoms with van der Waals surface area (Å²) in [6.45, 7) is 1.92. The fourth-order valence-electron chi connectivity index (χ4n) is 2.50. The number of anilines is 1. The molecule has 140 valence electrons. The smallest absolute Gasteiger partial charge is 0.249 e. The van der Waals surface area contributed by atoms with Gasteiger partial charge in [0.2, 0.25) is 11.7 Å². The van der Waals surface area contributed by atoms with Crippen molar-refractivity contribution in [2.75, 3.05) is 5.32 Å². The van der Waals surface area contributed by atoms with Gasteiger partial charge in [0.05, 0.1) is 5.69 Å². The van der Waals surface area contributed by atoms with Gasteiger partial charge in [-0.3, -0.25) is 4.79 Å². The summed E-state index contributed by atoms with van der Waals surface area (Å²) in [5.74, 6) is -0.161. The molecule has 0 aliphatic heterocycles. The number of halogens is 1. The third kappa shape index (κ3) is 4.09. The second-order valence-corrected chi connectivity index (χ2v) is 6.96. The average molecular weight is 394 g/mol. The summed E-state index contributed by atoms with van der Waals surface area (Å²) in [6, 6.07) is 13.8. The predicted molar refractivity (Wildman–Crippen MR) is 104 cm³/mol. The van der Waals surface area contributed by atoms with E-state index in [-0.39, 0.29) is 18.3 Å². The maximum Gasteiger partial charge on any atom is 0.249 e. The van der Waals surface area contributed by atoms with E-state index in [2.05, 4.69) is 25.7 Å². The third-order valence-electron chi connectivity index (χ3n) is 3.94. The molecule has 4 aromatic rings. The Morgan fingerprint density at radius 2 is 1.82 bits per heavy atom. The number of amides is 1. The van der Waals surface area contributed by atoms with Crippen molar-refractivity contribution in [1.29, 1.82) is 0 Å². The summed E-state index contributed by atoms with van der Waals surface area (Å²) < 4.78 is 13.0. The van der Waals surface area contributed by atoms with Crippen LogP contribution < -0.4 is 5.32 Å². The molecule has 0 bridgehead atoms. The monoisotopic (exact) mass is 394 g/mol. The third-order valence-corrected chi connectivity index (χ3v) is 4.70. The number of hydrogen-bond donors (Lipinski definition) is 1. The maximum atomic E-state index is 13.0. The molecule has 2 heterocycles. The Morgan fingerprint density at radius 1 is 1.11 bits per heavy atom. The number of carbonyl (C=O) groups is 1. The van der Waals surface area contributed by atoms with E-state index in [0.717, 1.165) is 16.7 Å². The Labute approximate surface area is 163 Å². The van der Waals surface area contributed by atoms with Gasteiger partial charge in [0, 0.05) is 16.5 Å². The highest BCUT2D eigenvalue weighted by Gasteiger charge is 2.12. The average Bonchev–Trinajstić information content (AvgIpc) is 3.33. The Kier molecular flexibility index (Phi) is 4.90. The first-order chi connectivity index (χ1) is 13.6. The van der Waals surface area contributed by atoms with Crippen molar-refractivity contribution in [1.82, 2.24) is 25.2 Å². The van der Waals surface area contributed by atoms with E-state index in [9.17, 15) is 9.18 Å². The Bertz CT molecular complexity index is 1020. The molecule has 28 heavy (non-hydrogen) atoms. The van der Waals surface area contributed by atoms with Crippen LogP contribution in [0.5, 0.6) is 0 Å². The molecule has 2 aromatic heterocycles. The van der Waals surface area contributed by atoms with E-state index in [1.807, 2.05) is 31.2 Å². The molecule has 0 unspecified atom stereocenters. The van der Waals surface area contributed by atoms with Gasteiger partial charge in [0.25, 0.3) is 0 Å². The van der Waals surface area contributed by atoms with Crippen molar-refractivity contribution in [3.8, 4) is 22.6 Å². The van der Waals surface area contributed by atoms with Crippen LogP contribution in [0.15, 0.2) is 53.9 Å². The topological polar surface area (TPSA) is 85.6 Å². The first kappa shape index (κ1) is 17.9. The molecule has 0 saturated heterocycles. The van der Waals surface area contributed by atoms with Gasteiger partial charge in [-0.25, -0.2) is 9.37 Å². The molecule has 1 N–H and O–H groups in total. The van der Waals surface area contributed by atoms with E-state index in [1.54, 1.807) is 17.5 Å². The minimum Gasteiger partial charge on any atom is -0.300 e. The van der Waals surface area contributed by atoms with Gasteiger partial charge in [0.15, 0.2) is 5.13 Å². The van der Waals surface area contributed by atoms with Crippen LogP contribution in [0.2, 0.25) is 0 Å². The van der Waals surface area contributed by atoms with Crippen molar-refractivity contribution >= 4 is 22.4 Å². The Hall–Kier alpha value is -3.46. The normalized spacial score (nSPS) is 10.8. The van der Waals surface area contributed by atoms with Crippen LogP contribution in [-0.2, 0) is 11.3 Å². The molecule has 0 spiro atoms. The zero-order valence-corrected chi connectivity index (χ0v) is 15.7. The van der Waals surface area contributed by atoms with Gasteiger partial charge in [0.1, 0.15) is 12.4 Å². The number of carbonyl (C=O) groups excluding carboxylic acids is 1. The summed E-state index contributed by atoms with van der Waals surface area (Å²) in [7, 11) is 0. The standard InChI is InChI=1S/C19H15FN6OS/c1-12-2-4-14(5-3-12)18-23-25-26(24-18)10-17(27)22-19-21-16(11-28-19)13-6-8-15(20)9-7-13/h2-9,11H,10H2,1H3,(H,21,22,27). The van der Waals surface area contributed by atoms with Crippen molar-refractivity contribution in [2.45, 2.75) is 13.5 Å². The van der Waals surface area contributed by atoms with E-state index < -0.39 is 0 Å². The van der Waals surface area contributed by atoms with Crippen molar-refractivity contribution in [3.05, 3.63) is 65.3 Å². The van der Waals surface area contributed by atoms with Gasteiger partial charge < -0.3 is 5.32 Å². The predicted octanol–water partition coefficient (Wildman–Crippen LogP) is 3.55. The van der Waals surface area contributed by atoms with Gasteiger partial charge in [-0.15, -0.1) is 21.5 Å². The van der Waals surface area contributed by atoms with Crippen molar-refractivity contribution < 1.29 is 9.18 Å². The van der Waals surface area contributed by atoms with E-state index in [0.29, 0.717) is 16.6 Å². The molecular weight excluding hydrogens is 379 g/mol. The van der Waals surface area contributed by atoms with Crippen molar-refractivity contribution in [3.63, 3.8) is 0 Å². The van der Waals surface area contributed by atoms with Crippen LogP contribution in [0.25, 0.3) is 22.6 Å². The van der Waals surface area contributed by atoms with Crippen molar-refractivity contribution in [2.24, 2.45) is 0 Å². The summed E-state index contributed by atoms with van der Waals surface area (Å²) in [4.78, 5) is 17.8. The highest BCUT2D eigenvalue weighted by molar-refractivity contribution is 7.14. The van der Waals surface area contributed by atoms with Gasteiger partial charge >= 0.3 is 0 Å². The highest BCUT2D eigenvalue weighted by Crippen LogP contribution is 2.25. The second-order valence-electron chi connectivity index (χ2n) is 6.10. The fraction of sp³-hybridized carbons (Fsp3) is 0.105. The summed E-state index contributed by atoms with van der Waals surface area (Å²) in [5, 5.41) is 17.1. The number of aromatic nitrogens is 5. The zero-order valence-electron chi connectivity index (χ0n) is 14.8. The lowest BCUT2D eigenvalue weighted by Crippen LogP contribution is -2.20. The lowest BCUT2D eigenvalue weighted by Gasteiger charge is -2.00. The Morgan fingerprint density at radius 3 is 2.57 bits per heavy atom. The lowest BCUT2D eigenvalue weighted by molar-refractivity contribution is -0.117. The number of rotatable bonds is 5. The SMILES string of the molecule is Cc1ccc(-c2nnn(CC(=O)Nc3nc(-c4ccc(F)cc4)cs3)n2)cc1. The van der Waals surface area contributed by atoms with E-state index in [4.69, 9.17) is 0 Å². The number of aryl methyl sites for hydroxylation is 1. The Balaban J connectivity index is 1.40. The van der Waals surface area contributed by atoms with Crippen LogP contribution in [0.3, 0.4) is 0 Å². The van der Waals surface area contributed by atoms with E-state index in [1.165, 1.54) is 28.3 Å². The molecule has 9 heteroatoms. The minimum absolute atomic E-state index is 0.0790. The number of hydrogen-bond acceptors (Lipinski definition) is 6. The molecule has 7 nitrogen and oxygen atoms in total. The van der Waals surface area contributed by atoms with Crippen LogP contribution in [0, 0.1) is 12.7 Å². The maximum absolute atomic E-state index is 13.0. The molecule has 0 atom stereocenters. The molecular formula is C19H15FN6OS. The molecule has 0 saturated carbocycles. The number of thiazole rings is 1. The lowest BCUT2D eigenvalue weighted by atomic mass is 10.1. The van der Waals surface area contributed by atoms with Gasteiger partial charge in [-0.1, -0.05) is 29.8 Å². The molecule has 0 fully saturated rings. The number of nitrogens with one attached hydrogen (secondary N) is 1. The zero-order chi connectivity index (χ0) is 19.5. The number of benzene rings is 2. The molecule has 2 aromatic carbocycles. The highest BCUT2D eigenvalue weighted by atomic mass is 32.1.